The lowest BCUT2D eigenvalue weighted by Crippen LogP contribution is -2.53. The number of hydrogen-bond donors (Lipinski definition) is 2. The molecule has 1 amide bonds. The van der Waals surface area contributed by atoms with Gasteiger partial charge in [0.05, 0.1) is 5.54 Å². The molecule has 0 aliphatic heterocycles. The Morgan fingerprint density at radius 3 is 2.75 bits per heavy atom. The summed E-state index contributed by atoms with van der Waals surface area (Å²) in [7, 11) is 0. The van der Waals surface area contributed by atoms with Crippen LogP contribution in [-0.2, 0) is 9.53 Å². The SMILES string of the molecule is CCCOCCCNC(=O)C(C)(N)C1CC1. The molecule has 4 nitrogen and oxygen atoms in total. The Morgan fingerprint density at radius 1 is 1.50 bits per heavy atom. The van der Waals surface area contributed by atoms with Crippen LogP contribution in [0.1, 0.15) is 39.5 Å². The lowest BCUT2D eigenvalue weighted by atomic mass is 9.96. The first kappa shape index (κ1) is 13.5. The number of carbonyl (C=O) groups excluding carboxylic acids is 1. The molecule has 1 aliphatic carbocycles. The van der Waals surface area contributed by atoms with Crippen LogP contribution >= 0.6 is 0 Å². The molecule has 1 fully saturated rings. The highest BCUT2D eigenvalue weighted by Gasteiger charge is 2.43. The van der Waals surface area contributed by atoms with E-state index >= 15 is 0 Å². The first-order chi connectivity index (χ1) is 7.59. The first-order valence-corrected chi connectivity index (χ1v) is 6.24. The third kappa shape index (κ3) is 4.10. The van der Waals surface area contributed by atoms with Crippen molar-refractivity contribution in [3.8, 4) is 0 Å². The summed E-state index contributed by atoms with van der Waals surface area (Å²) in [5.41, 5.74) is 5.31. The van der Waals surface area contributed by atoms with Crippen molar-refractivity contribution in [1.29, 1.82) is 0 Å². The van der Waals surface area contributed by atoms with Gasteiger partial charge in [0, 0.05) is 19.8 Å². The maximum Gasteiger partial charge on any atom is 0.240 e. The molecular formula is C12H24N2O2. The van der Waals surface area contributed by atoms with E-state index in [0.717, 1.165) is 32.3 Å². The average molecular weight is 228 g/mol. The topological polar surface area (TPSA) is 64.3 Å². The molecule has 0 aromatic carbocycles. The first-order valence-electron chi connectivity index (χ1n) is 6.24. The molecule has 0 saturated heterocycles. The highest BCUT2D eigenvalue weighted by atomic mass is 16.5. The predicted octanol–water partition coefficient (Wildman–Crippen LogP) is 1.05. The highest BCUT2D eigenvalue weighted by Crippen LogP contribution is 2.37. The van der Waals surface area contributed by atoms with E-state index in [4.69, 9.17) is 10.5 Å². The van der Waals surface area contributed by atoms with Gasteiger partial charge in [0.25, 0.3) is 0 Å². The Hall–Kier alpha value is -0.610. The summed E-state index contributed by atoms with van der Waals surface area (Å²) in [6.45, 7) is 6.07. The van der Waals surface area contributed by atoms with Gasteiger partial charge >= 0.3 is 0 Å². The van der Waals surface area contributed by atoms with Crippen LogP contribution in [0, 0.1) is 5.92 Å². The summed E-state index contributed by atoms with van der Waals surface area (Å²) in [5.74, 6) is 0.356. The standard InChI is InChI=1S/C12H24N2O2/c1-3-8-16-9-4-7-14-11(15)12(2,13)10-5-6-10/h10H,3-9,13H2,1-2H3,(H,14,15). The van der Waals surface area contributed by atoms with Gasteiger partial charge in [-0.05, 0) is 38.5 Å². The van der Waals surface area contributed by atoms with E-state index < -0.39 is 5.54 Å². The van der Waals surface area contributed by atoms with Crippen molar-refractivity contribution in [2.75, 3.05) is 19.8 Å². The number of hydrogen-bond acceptors (Lipinski definition) is 3. The molecule has 0 aromatic heterocycles. The second-order valence-electron chi connectivity index (χ2n) is 4.78. The third-order valence-corrected chi connectivity index (χ3v) is 3.01. The number of nitrogens with two attached hydrogens (primary N) is 1. The van der Waals surface area contributed by atoms with E-state index in [1.807, 2.05) is 6.92 Å². The van der Waals surface area contributed by atoms with Crippen molar-refractivity contribution in [1.82, 2.24) is 5.32 Å². The molecular weight excluding hydrogens is 204 g/mol. The second kappa shape index (κ2) is 6.21. The van der Waals surface area contributed by atoms with Crippen molar-refractivity contribution < 1.29 is 9.53 Å². The molecule has 94 valence electrons. The number of rotatable bonds is 8. The quantitative estimate of drug-likeness (QED) is 0.610. The molecule has 1 unspecified atom stereocenters. The summed E-state index contributed by atoms with van der Waals surface area (Å²) in [5, 5.41) is 2.88. The zero-order valence-corrected chi connectivity index (χ0v) is 10.4. The molecule has 0 heterocycles. The number of amides is 1. The van der Waals surface area contributed by atoms with Crippen LogP contribution in [0.15, 0.2) is 0 Å². The summed E-state index contributed by atoms with van der Waals surface area (Å²) < 4.78 is 5.33. The highest BCUT2D eigenvalue weighted by molar-refractivity contribution is 5.86. The lowest BCUT2D eigenvalue weighted by Gasteiger charge is -2.23. The second-order valence-corrected chi connectivity index (χ2v) is 4.78. The van der Waals surface area contributed by atoms with E-state index in [0.29, 0.717) is 19.1 Å². The van der Waals surface area contributed by atoms with Crippen LogP contribution in [0.3, 0.4) is 0 Å². The van der Waals surface area contributed by atoms with Crippen molar-refractivity contribution in [2.24, 2.45) is 11.7 Å². The fourth-order valence-electron chi connectivity index (χ4n) is 1.68. The summed E-state index contributed by atoms with van der Waals surface area (Å²) in [6.07, 6.45) is 4.06. The van der Waals surface area contributed by atoms with E-state index in [-0.39, 0.29) is 5.91 Å². The number of nitrogens with one attached hydrogen (secondary N) is 1. The fraction of sp³-hybridized carbons (Fsp3) is 0.917. The minimum Gasteiger partial charge on any atom is -0.381 e. The molecule has 4 heteroatoms. The van der Waals surface area contributed by atoms with Crippen LogP contribution in [0.4, 0.5) is 0 Å². The smallest absolute Gasteiger partial charge is 0.240 e. The van der Waals surface area contributed by atoms with Gasteiger partial charge in [-0.1, -0.05) is 6.92 Å². The van der Waals surface area contributed by atoms with Crippen molar-refractivity contribution >= 4 is 5.91 Å². The van der Waals surface area contributed by atoms with Gasteiger partial charge in [-0.25, -0.2) is 0 Å². The minimum atomic E-state index is -0.676. The van der Waals surface area contributed by atoms with E-state index in [1.54, 1.807) is 0 Å². The zero-order valence-electron chi connectivity index (χ0n) is 10.4. The van der Waals surface area contributed by atoms with Gasteiger partial charge in [-0.15, -0.1) is 0 Å². The van der Waals surface area contributed by atoms with Crippen LogP contribution < -0.4 is 11.1 Å². The fourth-order valence-corrected chi connectivity index (χ4v) is 1.68. The average Bonchev–Trinajstić information content (AvgIpc) is 3.06. The Morgan fingerprint density at radius 2 is 2.19 bits per heavy atom. The van der Waals surface area contributed by atoms with Crippen LogP contribution in [-0.4, -0.2) is 31.2 Å². The largest absolute Gasteiger partial charge is 0.381 e. The van der Waals surface area contributed by atoms with Gasteiger partial charge in [-0.2, -0.15) is 0 Å². The Bertz CT molecular complexity index is 225. The van der Waals surface area contributed by atoms with Crippen LogP contribution in [0.2, 0.25) is 0 Å². The van der Waals surface area contributed by atoms with Crippen molar-refractivity contribution in [2.45, 2.75) is 45.1 Å². The minimum absolute atomic E-state index is 0.0227. The molecule has 0 radical (unpaired) electrons. The molecule has 3 N–H and O–H groups in total. The van der Waals surface area contributed by atoms with Gasteiger partial charge in [0.2, 0.25) is 5.91 Å². The predicted molar refractivity (Wildman–Crippen MR) is 64.1 cm³/mol. The van der Waals surface area contributed by atoms with E-state index in [2.05, 4.69) is 12.2 Å². The Kier molecular flexibility index (Phi) is 5.22. The molecule has 0 aromatic rings. The maximum atomic E-state index is 11.8. The van der Waals surface area contributed by atoms with Crippen LogP contribution in [0.25, 0.3) is 0 Å². The Balaban J connectivity index is 2.06. The van der Waals surface area contributed by atoms with Crippen LogP contribution in [0.5, 0.6) is 0 Å². The molecule has 1 rings (SSSR count). The zero-order chi connectivity index (χ0) is 12.0. The van der Waals surface area contributed by atoms with Gasteiger partial charge in [0.1, 0.15) is 0 Å². The number of carbonyl (C=O) groups is 1. The molecule has 0 bridgehead atoms. The normalized spacial score (nSPS) is 19.2. The van der Waals surface area contributed by atoms with Crippen molar-refractivity contribution in [3.05, 3.63) is 0 Å². The molecule has 1 saturated carbocycles. The van der Waals surface area contributed by atoms with E-state index in [1.165, 1.54) is 0 Å². The molecule has 1 aliphatic rings. The van der Waals surface area contributed by atoms with Gasteiger partial charge < -0.3 is 15.8 Å². The summed E-state index contributed by atoms with van der Waals surface area (Å²) in [4.78, 5) is 11.8. The molecule has 16 heavy (non-hydrogen) atoms. The molecule has 1 atom stereocenters. The Labute approximate surface area is 97.9 Å². The monoisotopic (exact) mass is 228 g/mol. The lowest BCUT2D eigenvalue weighted by molar-refractivity contribution is -0.126. The van der Waals surface area contributed by atoms with Crippen molar-refractivity contribution in [3.63, 3.8) is 0 Å². The summed E-state index contributed by atoms with van der Waals surface area (Å²) >= 11 is 0. The third-order valence-electron chi connectivity index (χ3n) is 3.01. The molecule has 0 spiro atoms. The van der Waals surface area contributed by atoms with E-state index in [9.17, 15) is 4.79 Å². The number of ether oxygens (including phenoxy) is 1. The maximum absolute atomic E-state index is 11.8. The summed E-state index contributed by atoms with van der Waals surface area (Å²) in [6, 6.07) is 0. The van der Waals surface area contributed by atoms with Gasteiger partial charge in [0.15, 0.2) is 0 Å². The van der Waals surface area contributed by atoms with Gasteiger partial charge in [-0.3, -0.25) is 4.79 Å².